The highest BCUT2D eigenvalue weighted by Crippen LogP contribution is 2.27. The number of nitrogens with zero attached hydrogens (tertiary/aromatic N) is 1. The zero-order valence-electron chi connectivity index (χ0n) is 16.0. The van der Waals surface area contributed by atoms with Crippen molar-refractivity contribution in [2.75, 3.05) is 6.61 Å². The molecule has 0 N–H and O–H groups in total. The Kier molecular flexibility index (Phi) is 5.06. The average molecular weight is 355 g/mol. The molecule has 0 saturated carbocycles. The zero-order chi connectivity index (χ0) is 18.6. The monoisotopic (exact) mass is 355 g/mol. The molecule has 27 heavy (non-hydrogen) atoms. The minimum absolute atomic E-state index is 0.790. The number of aromatic nitrogens is 1. The fraction of sp³-hybridized carbons (Fsp3) is 0.240. The molecule has 0 aliphatic heterocycles. The van der Waals surface area contributed by atoms with Gasteiger partial charge in [0.2, 0.25) is 0 Å². The Morgan fingerprint density at radius 1 is 0.778 bits per heavy atom. The SMILES string of the molecule is CCCCCOc1ccc2cc(-c3ccc4cc(C)ccc4n3)ccc2c1. The first kappa shape index (κ1) is 17.5. The summed E-state index contributed by atoms with van der Waals surface area (Å²) in [6.07, 6.45) is 3.54. The van der Waals surface area contributed by atoms with Crippen LogP contribution in [-0.2, 0) is 0 Å². The van der Waals surface area contributed by atoms with E-state index in [1.165, 1.54) is 34.6 Å². The van der Waals surface area contributed by atoms with Crippen molar-refractivity contribution in [3.05, 3.63) is 72.3 Å². The molecule has 0 spiro atoms. The van der Waals surface area contributed by atoms with Crippen LogP contribution >= 0.6 is 0 Å². The predicted molar refractivity (Wildman–Crippen MR) is 114 cm³/mol. The van der Waals surface area contributed by atoms with Crippen molar-refractivity contribution in [3.8, 4) is 17.0 Å². The van der Waals surface area contributed by atoms with Gasteiger partial charge >= 0.3 is 0 Å². The van der Waals surface area contributed by atoms with Crippen molar-refractivity contribution in [1.29, 1.82) is 0 Å². The Labute approximate surface area is 160 Å². The summed E-state index contributed by atoms with van der Waals surface area (Å²) in [5, 5.41) is 3.59. The Hall–Kier alpha value is -2.87. The van der Waals surface area contributed by atoms with E-state index in [2.05, 4.69) is 80.6 Å². The summed E-state index contributed by atoms with van der Waals surface area (Å²) in [6.45, 7) is 5.11. The zero-order valence-corrected chi connectivity index (χ0v) is 16.0. The molecule has 4 rings (SSSR count). The maximum atomic E-state index is 5.88. The summed E-state index contributed by atoms with van der Waals surface area (Å²) in [5.74, 6) is 0.950. The standard InChI is InChI=1S/C25H25NO/c1-3-4-5-14-27-23-11-9-19-16-22(8-7-20(19)17-23)25-13-10-21-15-18(2)6-12-24(21)26-25/h6-13,15-17H,3-5,14H2,1-2H3. The van der Waals surface area contributed by atoms with Gasteiger partial charge in [-0.2, -0.15) is 0 Å². The van der Waals surface area contributed by atoms with Crippen molar-refractivity contribution in [3.63, 3.8) is 0 Å². The molecule has 0 unspecified atom stereocenters. The lowest BCUT2D eigenvalue weighted by Crippen LogP contribution is -1.96. The van der Waals surface area contributed by atoms with Crippen LogP contribution in [0, 0.1) is 6.92 Å². The van der Waals surface area contributed by atoms with Gasteiger partial charge in [0, 0.05) is 10.9 Å². The number of benzene rings is 3. The van der Waals surface area contributed by atoms with Crippen LogP contribution < -0.4 is 4.74 Å². The van der Waals surface area contributed by atoms with Gasteiger partial charge in [-0.15, -0.1) is 0 Å². The highest BCUT2D eigenvalue weighted by Gasteiger charge is 2.05. The first-order chi connectivity index (χ1) is 13.2. The maximum Gasteiger partial charge on any atom is 0.119 e. The first-order valence-corrected chi connectivity index (χ1v) is 9.77. The number of rotatable bonds is 6. The smallest absolute Gasteiger partial charge is 0.119 e. The number of fused-ring (bicyclic) bond motifs is 2. The Morgan fingerprint density at radius 2 is 1.59 bits per heavy atom. The van der Waals surface area contributed by atoms with E-state index < -0.39 is 0 Å². The average Bonchev–Trinajstić information content (AvgIpc) is 2.70. The lowest BCUT2D eigenvalue weighted by atomic mass is 10.0. The van der Waals surface area contributed by atoms with Crippen LogP contribution in [-0.4, -0.2) is 11.6 Å². The van der Waals surface area contributed by atoms with E-state index in [1.54, 1.807) is 0 Å². The highest BCUT2D eigenvalue weighted by molar-refractivity contribution is 5.89. The van der Waals surface area contributed by atoms with Gasteiger partial charge in [-0.3, -0.25) is 0 Å². The van der Waals surface area contributed by atoms with E-state index in [-0.39, 0.29) is 0 Å². The van der Waals surface area contributed by atoms with Crippen LogP contribution in [0.1, 0.15) is 31.7 Å². The van der Waals surface area contributed by atoms with Gasteiger partial charge in [0.1, 0.15) is 5.75 Å². The van der Waals surface area contributed by atoms with Crippen LogP contribution in [0.25, 0.3) is 32.9 Å². The quantitative estimate of drug-likeness (QED) is 0.350. The number of hydrogen-bond acceptors (Lipinski definition) is 2. The molecule has 136 valence electrons. The van der Waals surface area contributed by atoms with Crippen molar-refractivity contribution in [2.24, 2.45) is 0 Å². The van der Waals surface area contributed by atoms with Gasteiger partial charge in [-0.05, 0) is 60.5 Å². The second kappa shape index (κ2) is 7.79. The van der Waals surface area contributed by atoms with E-state index in [0.29, 0.717) is 0 Å². The molecule has 0 fully saturated rings. The minimum Gasteiger partial charge on any atom is -0.494 e. The molecule has 0 atom stereocenters. The van der Waals surface area contributed by atoms with Gasteiger partial charge in [0.25, 0.3) is 0 Å². The van der Waals surface area contributed by atoms with Crippen molar-refractivity contribution in [2.45, 2.75) is 33.1 Å². The van der Waals surface area contributed by atoms with E-state index in [4.69, 9.17) is 9.72 Å². The number of pyridine rings is 1. The Balaban J connectivity index is 1.60. The fourth-order valence-corrected chi connectivity index (χ4v) is 3.42. The topological polar surface area (TPSA) is 22.1 Å². The lowest BCUT2D eigenvalue weighted by molar-refractivity contribution is 0.306. The molecule has 0 saturated heterocycles. The van der Waals surface area contributed by atoms with Crippen molar-refractivity contribution < 1.29 is 4.74 Å². The second-order valence-corrected chi connectivity index (χ2v) is 7.17. The van der Waals surface area contributed by atoms with Crippen LogP contribution in [0.15, 0.2) is 66.7 Å². The minimum atomic E-state index is 0.790. The van der Waals surface area contributed by atoms with Gasteiger partial charge < -0.3 is 4.74 Å². The second-order valence-electron chi connectivity index (χ2n) is 7.17. The molecule has 1 aromatic heterocycles. The molecule has 0 aliphatic carbocycles. The number of unbranched alkanes of at least 4 members (excludes halogenated alkanes) is 2. The number of ether oxygens (including phenoxy) is 1. The summed E-state index contributed by atoms with van der Waals surface area (Å²) in [6, 6.07) is 23.5. The number of hydrogen-bond donors (Lipinski definition) is 0. The summed E-state index contributed by atoms with van der Waals surface area (Å²) in [7, 11) is 0. The highest BCUT2D eigenvalue weighted by atomic mass is 16.5. The molecule has 1 heterocycles. The largest absolute Gasteiger partial charge is 0.494 e. The van der Waals surface area contributed by atoms with Crippen molar-refractivity contribution >= 4 is 21.7 Å². The van der Waals surface area contributed by atoms with Gasteiger partial charge in [-0.1, -0.05) is 55.7 Å². The molecule has 4 aromatic rings. The summed E-state index contributed by atoms with van der Waals surface area (Å²) >= 11 is 0. The molecule has 0 bridgehead atoms. The predicted octanol–water partition coefficient (Wildman–Crippen LogP) is 6.93. The number of aryl methyl sites for hydroxylation is 1. The third-order valence-corrected chi connectivity index (χ3v) is 4.97. The van der Waals surface area contributed by atoms with E-state index >= 15 is 0 Å². The van der Waals surface area contributed by atoms with Crippen molar-refractivity contribution in [1.82, 2.24) is 4.98 Å². The fourth-order valence-electron chi connectivity index (χ4n) is 3.42. The van der Waals surface area contributed by atoms with E-state index in [9.17, 15) is 0 Å². The van der Waals surface area contributed by atoms with Crippen LogP contribution in [0.4, 0.5) is 0 Å². The van der Waals surface area contributed by atoms with Gasteiger partial charge in [0.15, 0.2) is 0 Å². The normalized spacial score (nSPS) is 11.2. The molecule has 2 heteroatoms. The third-order valence-electron chi connectivity index (χ3n) is 4.97. The van der Waals surface area contributed by atoms with E-state index in [0.717, 1.165) is 35.6 Å². The Morgan fingerprint density at radius 3 is 2.48 bits per heavy atom. The molecule has 0 amide bonds. The van der Waals surface area contributed by atoms with Crippen LogP contribution in [0.5, 0.6) is 5.75 Å². The molecular formula is C25H25NO. The van der Waals surface area contributed by atoms with Crippen LogP contribution in [0.2, 0.25) is 0 Å². The Bertz CT molecular complexity index is 1080. The molecule has 0 aliphatic rings. The molecule has 3 aromatic carbocycles. The van der Waals surface area contributed by atoms with E-state index in [1.807, 2.05) is 0 Å². The molecular weight excluding hydrogens is 330 g/mol. The molecule has 2 nitrogen and oxygen atoms in total. The van der Waals surface area contributed by atoms with Crippen LogP contribution in [0.3, 0.4) is 0 Å². The third kappa shape index (κ3) is 3.95. The maximum absolute atomic E-state index is 5.88. The summed E-state index contributed by atoms with van der Waals surface area (Å²) in [4.78, 5) is 4.84. The first-order valence-electron chi connectivity index (χ1n) is 9.77. The van der Waals surface area contributed by atoms with Gasteiger partial charge in [0.05, 0.1) is 17.8 Å². The summed E-state index contributed by atoms with van der Waals surface area (Å²) < 4.78 is 5.88. The lowest BCUT2D eigenvalue weighted by Gasteiger charge is -2.09. The summed E-state index contributed by atoms with van der Waals surface area (Å²) in [5.41, 5.74) is 4.44. The molecule has 0 radical (unpaired) electrons. The van der Waals surface area contributed by atoms with Gasteiger partial charge in [-0.25, -0.2) is 4.98 Å².